The lowest BCUT2D eigenvalue weighted by Gasteiger charge is -2.27. The number of carbonyl (C=O) groups is 1. The summed E-state index contributed by atoms with van der Waals surface area (Å²) in [6.07, 6.45) is 0. The maximum absolute atomic E-state index is 12.8. The van der Waals surface area contributed by atoms with Gasteiger partial charge in [0.2, 0.25) is 5.95 Å². The molecule has 132 valence electrons. The number of aryl methyl sites for hydroxylation is 2. The van der Waals surface area contributed by atoms with E-state index in [1.165, 1.54) is 5.56 Å². The summed E-state index contributed by atoms with van der Waals surface area (Å²) in [7, 11) is 0. The van der Waals surface area contributed by atoms with Gasteiger partial charge in [0.1, 0.15) is 5.69 Å². The third kappa shape index (κ3) is 3.96. The summed E-state index contributed by atoms with van der Waals surface area (Å²) in [5, 5.41) is 0. The molecule has 1 aromatic carbocycles. The molecule has 1 saturated heterocycles. The summed E-state index contributed by atoms with van der Waals surface area (Å²) in [6.45, 7) is 9.09. The predicted octanol–water partition coefficient (Wildman–Crippen LogP) is 2.72. The van der Waals surface area contributed by atoms with E-state index in [4.69, 9.17) is 4.74 Å². The molecule has 1 fully saturated rings. The first-order valence-corrected chi connectivity index (χ1v) is 8.65. The van der Waals surface area contributed by atoms with Crippen molar-refractivity contribution in [3.05, 3.63) is 47.3 Å². The number of rotatable bonds is 4. The summed E-state index contributed by atoms with van der Waals surface area (Å²) in [4.78, 5) is 25.7. The Kier molecular flexibility index (Phi) is 5.28. The highest BCUT2D eigenvalue weighted by Crippen LogP contribution is 2.23. The molecule has 0 saturated carbocycles. The van der Waals surface area contributed by atoms with Crippen LogP contribution in [0.5, 0.6) is 0 Å². The first-order chi connectivity index (χ1) is 12.1. The van der Waals surface area contributed by atoms with E-state index < -0.39 is 0 Å². The van der Waals surface area contributed by atoms with Gasteiger partial charge < -0.3 is 14.5 Å². The molecule has 0 unspecified atom stereocenters. The van der Waals surface area contributed by atoms with Crippen molar-refractivity contribution in [1.29, 1.82) is 0 Å². The van der Waals surface area contributed by atoms with Crippen molar-refractivity contribution in [3.8, 4) is 0 Å². The summed E-state index contributed by atoms with van der Waals surface area (Å²) in [5.74, 6) is 0.500. The van der Waals surface area contributed by atoms with Crippen LogP contribution in [-0.2, 0) is 4.74 Å². The molecule has 6 heteroatoms. The molecule has 0 bridgehead atoms. The largest absolute Gasteiger partial charge is 0.378 e. The van der Waals surface area contributed by atoms with Gasteiger partial charge in [-0.3, -0.25) is 4.79 Å². The lowest BCUT2D eigenvalue weighted by molar-refractivity contribution is 0.0299. The molecular formula is C19H24N4O2. The van der Waals surface area contributed by atoms with Crippen LogP contribution in [0.2, 0.25) is 0 Å². The van der Waals surface area contributed by atoms with Crippen LogP contribution in [0, 0.1) is 13.8 Å². The molecule has 0 aliphatic carbocycles. The molecule has 0 spiro atoms. The lowest BCUT2D eigenvalue weighted by Crippen LogP contribution is -2.41. The number of nitrogens with zero attached hydrogens (tertiary/aromatic N) is 4. The van der Waals surface area contributed by atoms with Gasteiger partial charge >= 0.3 is 0 Å². The van der Waals surface area contributed by atoms with Gasteiger partial charge in [-0.25, -0.2) is 9.97 Å². The Bertz CT molecular complexity index is 757. The Hall–Kier alpha value is -2.47. The Labute approximate surface area is 148 Å². The van der Waals surface area contributed by atoms with Crippen molar-refractivity contribution in [2.24, 2.45) is 0 Å². The summed E-state index contributed by atoms with van der Waals surface area (Å²) >= 11 is 0. The number of morpholine rings is 1. The number of ether oxygens (including phenoxy) is 1. The first-order valence-electron chi connectivity index (χ1n) is 8.65. The van der Waals surface area contributed by atoms with Crippen LogP contribution in [0.3, 0.4) is 0 Å². The SMILES string of the molecule is CCN(c1cccc(C)c1)c1nc(C)cc(C(=O)N2CCOCC2)n1. The van der Waals surface area contributed by atoms with Gasteiger partial charge in [-0.2, -0.15) is 0 Å². The van der Waals surface area contributed by atoms with Crippen LogP contribution in [0.1, 0.15) is 28.7 Å². The quantitative estimate of drug-likeness (QED) is 0.856. The predicted molar refractivity (Wildman–Crippen MR) is 97.4 cm³/mol. The molecule has 0 N–H and O–H groups in total. The second-order valence-electron chi connectivity index (χ2n) is 6.18. The molecule has 2 aromatic rings. The van der Waals surface area contributed by atoms with Crippen LogP contribution in [0.4, 0.5) is 11.6 Å². The van der Waals surface area contributed by atoms with Crippen LogP contribution in [-0.4, -0.2) is 53.6 Å². The topological polar surface area (TPSA) is 58.6 Å². The zero-order valence-corrected chi connectivity index (χ0v) is 15.0. The molecule has 1 amide bonds. The average molecular weight is 340 g/mol. The fourth-order valence-electron chi connectivity index (χ4n) is 2.95. The molecule has 0 radical (unpaired) electrons. The maximum atomic E-state index is 12.8. The molecule has 1 aliphatic rings. The third-order valence-corrected chi connectivity index (χ3v) is 4.23. The van der Waals surface area contributed by atoms with Crippen molar-refractivity contribution < 1.29 is 9.53 Å². The Morgan fingerprint density at radius 1 is 1.20 bits per heavy atom. The van der Waals surface area contributed by atoms with Crippen molar-refractivity contribution in [1.82, 2.24) is 14.9 Å². The number of hydrogen-bond donors (Lipinski definition) is 0. The van der Waals surface area contributed by atoms with Crippen LogP contribution < -0.4 is 4.90 Å². The normalized spacial score (nSPS) is 14.4. The van der Waals surface area contributed by atoms with E-state index in [0.29, 0.717) is 37.9 Å². The number of benzene rings is 1. The lowest BCUT2D eigenvalue weighted by atomic mass is 10.2. The standard InChI is InChI=1S/C19H24N4O2/c1-4-23(16-7-5-6-14(2)12-16)19-20-15(3)13-17(21-19)18(24)22-8-10-25-11-9-22/h5-7,12-13H,4,8-11H2,1-3H3. The first kappa shape index (κ1) is 17.4. The Morgan fingerprint density at radius 2 is 1.96 bits per heavy atom. The summed E-state index contributed by atoms with van der Waals surface area (Å²) in [5.41, 5.74) is 3.43. The molecule has 6 nitrogen and oxygen atoms in total. The fraction of sp³-hybridized carbons (Fsp3) is 0.421. The number of amides is 1. The monoisotopic (exact) mass is 340 g/mol. The molecular weight excluding hydrogens is 316 g/mol. The Morgan fingerprint density at radius 3 is 2.64 bits per heavy atom. The van der Waals surface area contributed by atoms with E-state index in [1.807, 2.05) is 24.0 Å². The highest BCUT2D eigenvalue weighted by molar-refractivity contribution is 5.92. The minimum absolute atomic E-state index is 0.0599. The summed E-state index contributed by atoms with van der Waals surface area (Å²) < 4.78 is 5.32. The molecule has 2 heterocycles. The minimum Gasteiger partial charge on any atom is -0.378 e. The van der Waals surface area contributed by atoms with E-state index in [1.54, 1.807) is 11.0 Å². The van der Waals surface area contributed by atoms with E-state index in [2.05, 4.69) is 35.9 Å². The van der Waals surface area contributed by atoms with Gasteiger partial charge in [-0.1, -0.05) is 12.1 Å². The molecule has 1 aliphatic heterocycles. The highest BCUT2D eigenvalue weighted by atomic mass is 16.5. The van der Waals surface area contributed by atoms with Gasteiger partial charge in [0, 0.05) is 31.0 Å². The zero-order chi connectivity index (χ0) is 17.8. The number of aromatic nitrogens is 2. The van der Waals surface area contributed by atoms with Crippen molar-refractivity contribution in [2.75, 3.05) is 37.7 Å². The second kappa shape index (κ2) is 7.61. The van der Waals surface area contributed by atoms with E-state index in [0.717, 1.165) is 17.9 Å². The fourth-order valence-corrected chi connectivity index (χ4v) is 2.95. The van der Waals surface area contributed by atoms with Gasteiger partial charge in [-0.15, -0.1) is 0 Å². The van der Waals surface area contributed by atoms with Crippen molar-refractivity contribution in [2.45, 2.75) is 20.8 Å². The summed E-state index contributed by atoms with van der Waals surface area (Å²) in [6, 6.07) is 9.96. The van der Waals surface area contributed by atoms with Crippen molar-refractivity contribution in [3.63, 3.8) is 0 Å². The molecule has 0 atom stereocenters. The van der Waals surface area contributed by atoms with E-state index in [-0.39, 0.29) is 5.91 Å². The third-order valence-electron chi connectivity index (χ3n) is 4.23. The number of anilines is 2. The molecule has 3 rings (SSSR count). The van der Waals surface area contributed by atoms with Gasteiger partial charge in [0.25, 0.3) is 5.91 Å². The van der Waals surface area contributed by atoms with Crippen LogP contribution in [0.25, 0.3) is 0 Å². The van der Waals surface area contributed by atoms with Crippen molar-refractivity contribution >= 4 is 17.5 Å². The van der Waals surface area contributed by atoms with Gasteiger partial charge in [-0.05, 0) is 44.5 Å². The Balaban J connectivity index is 1.93. The van der Waals surface area contributed by atoms with E-state index >= 15 is 0 Å². The number of carbonyl (C=O) groups excluding carboxylic acids is 1. The van der Waals surface area contributed by atoms with Gasteiger partial charge in [0.15, 0.2) is 0 Å². The molecule has 1 aromatic heterocycles. The number of hydrogen-bond acceptors (Lipinski definition) is 5. The molecule has 25 heavy (non-hydrogen) atoms. The second-order valence-corrected chi connectivity index (χ2v) is 6.18. The van der Waals surface area contributed by atoms with Gasteiger partial charge in [0.05, 0.1) is 13.2 Å². The highest BCUT2D eigenvalue weighted by Gasteiger charge is 2.22. The average Bonchev–Trinajstić information content (AvgIpc) is 2.62. The minimum atomic E-state index is -0.0599. The maximum Gasteiger partial charge on any atom is 0.272 e. The smallest absolute Gasteiger partial charge is 0.272 e. The zero-order valence-electron chi connectivity index (χ0n) is 15.0. The van der Waals surface area contributed by atoms with Crippen LogP contribution in [0.15, 0.2) is 30.3 Å². The van der Waals surface area contributed by atoms with E-state index in [9.17, 15) is 4.79 Å². The van der Waals surface area contributed by atoms with Crippen LogP contribution >= 0.6 is 0 Å².